The number of ether oxygens (including phenoxy) is 3. The highest BCUT2D eigenvalue weighted by atomic mass is 16.6. The molecule has 0 aliphatic heterocycles. The van der Waals surface area contributed by atoms with Crippen molar-refractivity contribution in [2.45, 2.75) is 58.1 Å². The number of benzene rings is 3. The zero-order chi connectivity index (χ0) is 31.1. The van der Waals surface area contributed by atoms with Gasteiger partial charge in [0.05, 0.1) is 22.5 Å². The molecule has 0 radical (unpaired) electrons. The number of nitrogens with two attached hydrogens (primary N) is 1. The fourth-order valence-corrected chi connectivity index (χ4v) is 4.71. The maximum Gasteiger partial charge on any atom is 0.407 e. The van der Waals surface area contributed by atoms with Crippen molar-refractivity contribution in [3.63, 3.8) is 0 Å². The number of nitro benzene ring substituents is 1. The average molecular weight is 588 g/mol. The Hall–Kier alpha value is -5.31. The molecule has 2 atom stereocenters. The predicted octanol–water partition coefficient (Wildman–Crippen LogP) is 6.66. The van der Waals surface area contributed by atoms with Crippen LogP contribution in [0.1, 0.15) is 52.0 Å². The van der Waals surface area contributed by atoms with Crippen molar-refractivity contribution in [3.05, 3.63) is 76.3 Å². The molecule has 0 saturated heterocycles. The van der Waals surface area contributed by atoms with E-state index in [1.54, 1.807) is 63.2 Å². The first-order valence-corrected chi connectivity index (χ1v) is 13.8. The SMILES string of the molecule is CC(C)(C)OC(=O)NC1CCCCC1C(=O)Nc1cc(Oc2ccc(C#N)cc2)cc(Oc2ccc([N+](=O)[O-])c(N)c2)c1. The Labute approximate surface area is 248 Å². The lowest BCUT2D eigenvalue weighted by atomic mass is 9.84. The van der Waals surface area contributed by atoms with E-state index in [-0.39, 0.29) is 28.8 Å². The molecular formula is C31H33N5O7. The molecule has 0 aromatic heterocycles. The van der Waals surface area contributed by atoms with E-state index in [4.69, 9.17) is 25.2 Å². The highest BCUT2D eigenvalue weighted by Gasteiger charge is 2.33. The number of carbonyl (C=O) groups is 2. The van der Waals surface area contributed by atoms with Crippen LogP contribution in [0.3, 0.4) is 0 Å². The van der Waals surface area contributed by atoms with E-state index in [0.29, 0.717) is 35.6 Å². The van der Waals surface area contributed by atoms with Crippen LogP contribution in [-0.2, 0) is 9.53 Å². The van der Waals surface area contributed by atoms with Gasteiger partial charge in [-0.15, -0.1) is 0 Å². The number of amides is 2. The highest BCUT2D eigenvalue weighted by Crippen LogP contribution is 2.35. The topological polar surface area (TPSA) is 179 Å². The Kier molecular flexibility index (Phi) is 9.35. The Morgan fingerprint density at radius 3 is 2.19 bits per heavy atom. The third kappa shape index (κ3) is 8.59. The van der Waals surface area contributed by atoms with E-state index in [9.17, 15) is 19.7 Å². The summed E-state index contributed by atoms with van der Waals surface area (Å²) in [5, 5.41) is 26.0. The molecule has 1 fully saturated rings. The molecule has 224 valence electrons. The lowest BCUT2D eigenvalue weighted by Crippen LogP contribution is -2.48. The average Bonchev–Trinajstić information content (AvgIpc) is 2.92. The van der Waals surface area contributed by atoms with Crippen LogP contribution < -0.4 is 25.8 Å². The Bertz CT molecular complexity index is 1540. The first kappa shape index (κ1) is 30.6. The number of nitrogen functional groups attached to an aromatic ring is 1. The molecule has 2 amide bonds. The summed E-state index contributed by atoms with van der Waals surface area (Å²) in [4.78, 5) is 36.5. The minimum atomic E-state index is -0.670. The standard InChI is InChI=1S/C31H33N5O7/c1-31(2,3)43-30(38)35-27-7-5-4-6-25(27)29(37)34-20-14-23(41-21-10-8-19(18-32)9-11-21)16-24(15-20)42-22-12-13-28(36(39)40)26(33)17-22/h8-17,25,27H,4-7,33H2,1-3H3,(H,34,37)(H,35,38). The zero-order valence-corrected chi connectivity index (χ0v) is 24.1. The monoisotopic (exact) mass is 587 g/mol. The van der Waals surface area contributed by atoms with Gasteiger partial charge in [-0.2, -0.15) is 5.26 Å². The van der Waals surface area contributed by atoms with Gasteiger partial charge in [-0.25, -0.2) is 4.79 Å². The normalized spacial score (nSPS) is 16.3. The summed E-state index contributed by atoms with van der Waals surface area (Å²) in [5.41, 5.74) is 5.67. The van der Waals surface area contributed by atoms with E-state index >= 15 is 0 Å². The number of alkyl carbamates (subject to hydrolysis) is 1. The summed E-state index contributed by atoms with van der Waals surface area (Å²) in [5.74, 6) is 0.484. The van der Waals surface area contributed by atoms with E-state index in [2.05, 4.69) is 10.6 Å². The summed E-state index contributed by atoms with van der Waals surface area (Å²) in [6.07, 6.45) is 2.35. The number of rotatable bonds is 8. The van der Waals surface area contributed by atoms with Gasteiger partial charge < -0.3 is 30.6 Å². The molecule has 0 spiro atoms. The van der Waals surface area contributed by atoms with E-state index < -0.39 is 28.6 Å². The van der Waals surface area contributed by atoms with Gasteiger partial charge in [0, 0.05) is 42.1 Å². The van der Waals surface area contributed by atoms with Crippen LogP contribution in [0.4, 0.5) is 21.9 Å². The molecule has 12 heteroatoms. The van der Waals surface area contributed by atoms with Crippen LogP contribution in [0.25, 0.3) is 0 Å². The van der Waals surface area contributed by atoms with Gasteiger partial charge in [0.2, 0.25) is 5.91 Å². The van der Waals surface area contributed by atoms with Crippen LogP contribution in [0.2, 0.25) is 0 Å². The first-order valence-electron chi connectivity index (χ1n) is 13.8. The Balaban J connectivity index is 1.58. The molecule has 1 aliphatic rings. The van der Waals surface area contributed by atoms with Gasteiger partial charge in [-0.3, -0.25) is 14.9 Å². The van der Waals surface area contributed by atoms with Crippen molar-refractivity contribution in [2.75, 3.05) is 11.1 Å². The predicted molar refractivity (Wildman–Crippen MR) is 159 cm³/mol. The van der Waals surface area contributed by atoms with Crippen LogP contribution >= 0.6 is 0 Å². The van der Waals surface area contributed by atoms with Gasteiger partial charge in [0.25, 0.3) is 5.69 Å². The molecule has 12 nitrogen and oxygen atoms in total. The van der Waals surface area contributed by atoms with Crippen molar-refractivity contribution in [3.8, 4) is 29.1 Å². The molecule has 4 rings (SSSR count). The minimum absolute atomic E-state index is 0.0677. The zero-order valence-electron chi connectivity index (χ0n) is 24.1. The second kappa shape index (κ2) is 13.1. The number of carbonyl (C=O) groups excluding carboxylic acids is 2. The fourth-order valence-electron chi connectivity index (χ4n) is 4.71. The lowest BCUT2D eigenvalue weighted by molar-refractivity contribution is -0.383. The van der Waals surface area contributed by atoms with E-state index in [1.165, 1.54) is 18.2 Å². The third-order valence-electron chi connectivity index (χ3n) is 6.60. The molecule has 1 saturated carbocycles. The molecule has 4 N–H and O–H groups in total. The molecule has 2 unspecified atom stereocenters. The highest BCUT2D eigenvalue weighted by molar-refractivity contribution is 5.94. The van der Waals surface area contributed by atoms with Crippen molar-refractivity contribution >= 4 is 29.1 Å². The molecule has 0 bridgehead atoms. The molecule has 0 heterocycles. The molecule has 43 heavy (non-hydrogen) atoms. The maximum atomic E-state index is 13.5. The number of hydrogen-bond donors (Lipinski definition) is 3. The van der Waals surface area contributed by atoms with Crippen molar-refractivity contribution < 1.29 is 28.7 Å². The van der Waals surface area contributed by atoms with Gasteiger partial charge in [-0.05, 0) is 63.9 Å². The molecule has 1 aliphatic carbocycles. The summed E-state index contributed by atoms with van der Waals surface area (Å²) < 4.78 is 17.3. The maximum absolute atomic E-state index is 13.5. The van der Waals surface area contributed by atoms with Crippen molar-refractivity contribution in [1.82, 2.24) is 5.32 Å². The van der Waals surface area contributed by atoms with Crippen LogP contribution in [-0.4, -0.2) is 28.6 Å². The number of nitriles is 1. The van der Waals surface area contributed by atoms with Gasteiger partial charge >= 0.3 is 6.09 Å². The van der Waals surface area contributed by atoms with Gasteiger partial charge in [0.15, 0.2) is 0 Å². The largest absolute Gasteiger partial charge is 0.457 e. The number of hydrogen-bond acceptors (Lipinski definition) is 9. The summed E-state index contributed by atoms with van der Waals surface area (Å²) in [6, 6.07) is 16.9. The van der Waals surface area contributed by atoms with E-state index in [1.807, 2.05) is 6.07 Å². The summed E-state index contributed by atoms with van der Waals surface area (Å²) >= 11 is 0. The van der Waals surface area contributed by atoms with E-state index in [0.717, 1.165) is 12.8 Å². The lowest BCUT2D eigenvalue weighted by Gasteiger charge is -2.32. The quantitative estimate of drug-likeness (QED) is 0.148. The van der Waals surface area contributed by atoms with Gasteiger partial charge in [0.1, 0.15) is 34.3 Å². The second-order valence-corrected chi connectivity index (χ2v) is 11.1. The van der Waals surface area contributed by atoms with Crippen LogP contribution in [0.15, 0.2) is 60.7 Å². The number of nitro groups is 1. The Morgan fingerprint density at radius 2 is 1.58 bits per heavy atom. The molecular weight excluding hydrogens is 554 g/mol. The smallest absolute Gasteiger partial charge is 0.407 e. The number of nitrogens with one attached hydrogen (secondary N) is 2. The summed E-state index contributed by atoms with van der Waals surface area (Å²) in [7, 11) is 0. The van der Waals surface area contributed by atoms with Crippen LogP contribution in [0, 0.1) is 27.4 Å². The number of nitrogens with zero attached hydrogens (tertiary/aromatic N) is 2. The molecule has 3 aromatic rings. The van der Waals surface area contributed by atoms with Crippen molar-refractivity contribution in [2.24, 2.45) is 5.92 Å². The fraction of sp³-hybridized carbons (Fsp3) is 0.323. The van der Waals surface area contributed by atoms with Crippen LogP contribution in [0.5, 0.6) is 23.0 Å². The second-order valence-electron chi connectivity index (χ2n) is 11.1. The first-order chi connectivity index (χ1) is 20.4. The Morgan fingerprint density at radius 1 is 0.953 bits per heavy atom. The number of anilines is 2. The molecule has 3 aromatic carbocycles. The summed E-state index contributed by atoms with van der Waals surface area (Å²) in [6.45, 7) is 5.32. The van der Waals surface area contributed by atoms with Gasteiger partial charge in [-0.1, -0.05) is 12.8 Å². The minimum Gasteiger partial charge on any atom is -0.457 e. The van der Waals surface area contributed by atoms with Crippen molar-refractivity contribution in [1.29, 1.82) is 5.26 Å². The third-order valence-corrected chi connectivity index (χ3v) is 6.60.